The van der Waals surface area contributed by atoms with Crippen LogP contribution in [0.3, 0.4) is 0 Å². The molecule has 3 nitrogen and oxygen atoms in total. The van der Waals surface area contributed by atoms with Crippen molar-refractivity contribution in [3.05, 3.63) is 0 Å². The summed E-state index contributed by atoms with van der Waals surface area (Å²) in [5.74, 6) is 3.65. The second-order valence-electron chi connectivity index (χ2n) is 5.10. The van der Waals surface area contributed by atoms with E-state index >= 15 is 0 Å². The average molecular weight is 222 g/mol. The molecule has 1 saturated carbocycles. The third-order valence-electron chi connectivity index (χ3n) is 2.81. The van der Waals surface area contributed by atoms with Crippen LogP contribution in [0.2, 0.25) is 0 Å². The lowest BCUT2D eigenvalue weighted by atomic mass is 10.0. The molecule has 0 saturated heterocycles. The Hall–Kier alpha value is -1.01. The maximum Gasteiger partial charge on any atom is 0.240 e. The molecule has 0 aromatic carbocycles. The highest BCUT2D eigenvalue weighted by Crippen LogP contribution is 2.29. The van der Waals surface area contributed by atoms with Crippen molar-refractivity contribution in [2.45, 2.75) is 39.2 Å². The van der Waals surface area contributed by atoms with Gasteiger partial charge in [0.25, 0.3) is 0 Å². The molecule has 2 N–H and O–H groups in total. The molecule has 1 aliphatic carbocycles. The Morgan fingerprint density at radius 3 is 2.62 bits per heavy atom. The predicted molar refractivity (Wildman–Crippen MR) is 65.6 cm³/mol. The fraction of sp³-hybridized carbons (Fsp3) is 0.769. The summed E-state index contributed by atoms with van der Waals surface area (Å²) >= 11 is 0. The zero-order chi connectivity index (χ0) is 12.1. The Bertz CT molecular complexity index is 276. The van der Waals surface area contributed by atoms with Crippen LogP contribution in [0.5, 0.6) is 0 Å². The summed E-state index contributed by atoms with van der Waals surface area (Å²) in [7, 11) is 0. The summed E-state index contributed by atoms with van der Waals surface area (Å²) in [4.78, 5) is 13.8. The highest BCUT2D eigenvalue weighted by molar-refractivity contribution is 5.81. The first-order valence-corrected chi connectivity index (χ1v) is 6.02. The second kappa shape index (κ2) is 5.91. The first-order chi connectivity index (χ1) is 7.54. The van der Waals surface area contributed by atoms with Crippen molar-refractivity contribution < 1.29 is 4.79 Å². The number of carbonyl (C=O) groups excluding carboxylic acids is 1. The van der Waals surface area contributed by atoms with Crippen molar-refractivity contribution in [2.24, 2.45) is 17.6 Å². The van der Waals surface area contributed by atoms with Gasteiger partial charge < -0.3 is 10.6 Å². The minimum Gasteiger partial charge on any atom is -0.330 e. The molecular formula is C13H22N2O. The van der Waals surface area contributed by atoms with Gasteiger partial charge in [0.2, 0.25) is 5.91 Å². The van der Waals surface area contributed by atoms with E-state index in [9.17, 15) is 4.79 Å². The second-order valence-corrected chi connectivity index (χ2v) is 5.10. The molecule has 0 aliphatic heterocycles. The van der Waals surface area contributed by atoms with Crippen molar-refractivity contribution >= 4 is 5.91 Å². The number of carbonyl (C=O) groups is 1. The van der Waals surface area contributed by atoms with Crippen LogP contribution in [0, 0.1) is 24.2 Å². The van der Waals surface area contributed by atoms with Gasteiger partial charge in [0.05, 0.1) is 12.6 Å². The van der Waals surface area contributed by atoms with Crippen molar-refractivity contribution in [3.63, 3.8) is 0 Å². The van der Waals surface area contributed by atoms with Gasteiger partial charge in [0.1, 0.15) is 0 Å². The molecular weight excluding hydrogens is 200 g/mol. The number of terminal acetylenes is 1. The quantitative estimate of drug-likeness (QED) is 0.687. The van der Waals surface area contributed by atoms with Crippen LogP contribution in [0.1, 0.15) is 33.1 Å². The van der Waals surface area contributed by atoms with Gasteiger partial charge in [-0.3, -0.25) is 4.79 Å². The summed E-state index contributed by atoms with van der Waals surface area (Å²) in [5.41, 5.74) is 5.89. The monoisotopic (exact) mass is 222 g/mol. The van der Waals surface area contributed by atoms with Crippen LogP contribution >= 0.6 is 0 Å². The minimum absolute atomic E-state index is 0.0125. The van der Waals surface area contributed by atoms with Gasteiger partial charge in [0.15, 0.2) is 0 Å². The van der Waals surface area contributed by atoms with Gasteiger partial charge in [-0.15, -0.1) is 6.42 Å². The van der Waals surface area contributed by atoms with E-state index in [1.807, 2.05) is 0 Å². The van der Waals surface area contributed by atoms with Crippen molar-refractivity contribution in [3.8, 4) is 12.3 Å². The largest absolute Gasteiger partial charge is 0.330 e. The molecule has 0 unspecified atom stereocenters. The molecule has 1 rings (SSSR count). The van der Waals surface area contributed by atoms with E-state index < -0.39 is 6.04 Å². The van der Waals surface area contributed by atoms with Crippen LogP contribution < -0.4 is 5.73 Å². The van der Waals surface area contributed by atoms with Crippen LogP contribution in [0.4, 0.5) is 0 Å². The standard InChI is InChI=1S/C13H22N2O/c1-4-7-15(9-11-5-6-11)13(16)12(14)8-10(2)3/h1,10-12H,5-9,14H2,2-3H3/t12-/m1/s1. The third-order valence-corrected chi connectivity index (χ3v) is 2.81. The summed E-state index contributed by atoms with van der Waals surface area (Å²) in [6.07, 6.45) is 8.44. The van der Waals surface area contributed by atoms with Crippen molar-refractivity contribution in [1.29, 1.82) is 0 Å². The molecule has 90 valence electrons. The lowest BCUT2D eigenvalue weighted by Crippen LogP contribution is -2.45. The Kier molecular flexibility index (Phi) is 4.82. The zero-order valence-electron chi connectivity index (χ0n) is 10.3. The van der Waals surface area contributed by atoms with Crippen LogP contribution in [-0.2, 0) is 4.79 Å². The summed E-state index contributed by atoms with van der Waals surface area (Å²) in [5, 5.41) is 0. The molecule has 0 bridgehead atoms. The summed E-state index contributed by atoms with van der Waals surface area (Å²) in [6, 6.07) is -0.396. The van der Waals surface area contributed by atoms with E-state index in [0.29, 0.717) is 18.4 Å². The van der Waals surface area contributed by atoms with E-state index in [0.717, 1.165) is 13.0 Å². The molecule has 0 aromatic rings. The maximum atomic E-state index is 12.0. The Morgan fingerprint density at radius 1 is 1.56 bits per heavy atom. The van der Waals surface area contributed by atoms with Gasteiger partial charge in [-0.1, -0.05) is 19.8 Å². The van der Waals surface area contributed by atoms with E-state index in [-0.39, 0.29) is 5.91 Å². The smallest absolute Gasteiger partial charge is 0.240 e. The lowest BCUT2D eigenvalue weighted by Gasteiger charge is -2.24. The third kappa shape index (κ3) is 4.24. The van der Waals surface area contributed by atoms with E-state index in [2.05, 4.69) is 19.8 Å². The number of nitrogens with zero attached hydrogens (tertiary/aromatic N) is 1. The van der Waals surface area contributed by atoms with E-state index in [4.69, 9.17) is 12.2 Å². The molecule has 1 aliphatic rings. The number of hydrogen-bond acceptors (Lipinski definition) is 2. The zero-order valence-corrected chi connectivity index (χ0v) is 10.3. The fourth-order valence-corrected chi connectivity index (χ4v) is 1.80. The van der Waals surface area contributed by atoms with Gasteiger partial charge >= 0.3 is 0 Å². The normalized spacial score (nSPS) is 16.9. The highest BCUT2D eigenvalue weighted by atomic mass is 16.2. The molecule has 16 heavy (non-hydrogen) atoms. The molecule has 0 spiro atoms. The Labute approximate surface area is 98.4 Å². The first kappa shape index (κ1) is 13.1. The van der Waals surface area contributed by atoms with Crippen molar-refractivity contribution in [1.82, 2.24) is 4.90 Å². The molecule has 1 atom stereocenters. The van der Waals surface area contributed by atoms with Gasteiger partial charge in [-0.25, -0.2) is 0 Å². The number of hydrogen-bond donors (Lipinski definition) is 1. The predicted octanol–water partition coefficient (Wildman–Crippen LogP) is 1.23. The molecule has 0 radical (unpaired) electrons. The average Bonchev–Trinajstić information content (AvgIpc) is 2.99. The number of amides is 1. The summed E-state index contributed by atoms with van der Waals surface area (Å²) < 4.78 is 0. The molecule has 0 aromatic heterocycles. The SMILES string of the molecule is C#CCN(CC1CC1)C(=O)[C@H](N)CC(C)C. The molecule has 0 heterocycles. The number of rotatable bonds is 6. The minimum atomic E-state index is -0.396. The Balaban J connectivity index is 2.47. The van der Waals surface area contributed by atoms with E-state index in [1.54, 1.807) is 4.90 Å². The van der Waals surface area contributed by atoms with E-state index in [1.165, 1.54) is 12.8 Å². The highest BCUT2D eigenvalue weighted by Gasteiger charge is 2.28. The Morgan fingerprint density at radius 2 is 2.19 bits per heavy atom. The van der Waals surface area contributed by atoms with Gasteiger partial charge in [-0.2, -0.15) is 0 Å². The molecule has 1 amide bonds. The first-order valence-electron chi connectivity index (χ1n) is 6.02. The summed E-state index contributed by atoms with van der Waals surface area (Å²) in [6.45, 7) is 5.31. The molecule has 1 fully saturated rings. The van der Waals surface area contributed by atoms with Crippen LogP contribution in [-0.4, -0.2) is 29.9 Å². The van der Waals surface area contributed by atoms with Crippen LogP contribution in [0.15, 0.2) is 0 Å². The lowest BCUT2D eigenvalue weighted by molar-refractivity contribution is -0.132. The number of nitrogens with two attached hydrogens (primary N) is 1. The van der Waals surface area contributed by atoms with Gasteiger partial charge in [0, 0.05) is 6.54 Å². The topological polar surface area (TPSA) is 46.3 Å². The van der Waals surface area contributed by atoms with Gasteiger partial charge in [-0.05, 0) is 31.1 Å². The fourth-order valence-electron chi connectivity index (χ4n) is 1.80. The van der Waals surface area contributed by atoms with Crippen molar-refractivity contribution in [2.75, 3.05) is 13.1 Å². The maximum absolute atomic E-state index is 12.0. The van der Waals surface area contributed by atoms with Crippen LogP contribution in [0.25, 0.3) is 0 Å². The molecule has 3 heteroatoms.